The quantitative estimate of drug-likeness (QED) is 0.788. The van der Waals surface area contributed by atoms with Crippen LogP contribution in [0.3, 0.4) is 0 Å². The first-order chi connectivity index (χ1) is 10.8. The lowest BCUT2D eigenvalue weighted by Gasteiger charge is -2.14. The molecule has 0 atom stereocenters. The van der Waals surface area contributed by atoms with Crippen molar-refractivity contribution in [3.05, 3.63) is 60.6 Å². The summed E-state index contributed by atoms with van der Waals surface area (Å²) < 4.78 is 2.33. The van der Waals surface area contributed by atoms with Crippen molar-refractivity contribution in [2.45, 2.75) is 13.5 Å². The first-order valence-electron chi connectivity index (χ1n) is 7.04. The van der Waals surface area contributed by atoms with Crippen LogP contribution in [0.5, 0.6) is 0 Å². The van der Waals surface area contributed by atoms with Gasteiger partial charge in [0.05, 0.1) is 12.1 Å². The molecule has 122 valence electrons. The smallest absolute Gasteiger partial charge is 0.330 e. The summed E-state index contributed by atoms with van der Waals surface area (Å²) >= 11 is 1.61. The third-order valence-corrected chi connectivity index (χ3v) is 4.61. The van der Waals surface area contributed by atoms with Crippen LogP contribution < -0.4 is 11.2 Å². The molecule has 0 aliphatic carbocycles. The van der Waals surface area contributed by atoms with Crippen molar-refractivity contribution < 1.29 is 4.79 Å². The van der Waals surface area contributed by atoms with Gasteiger partial charge in [-0.25, -0.2) is 4.79 Å². The lowest BCUT2D eigenvalue weighted by atomic mass is 10.2. The topological polar surface area (TPSA) is 64.3 Å². The van der Waals surface area contributed by atoms with Crippen LogP contribution in [-0.4, -0.2) is 27.0 Å². The van der Waals surface area contributed by atoms with Crippen molar-refractivity contribution in [1.82, 2.24) is 14.0 Å². The van der Waals surface area contributed by atoms with Gasteiger partial charge in [0.1, 0.15) is 0 Å². The van der Waals surface area contributed by atoms with Crippen molar-refractivity contribution in [3.8, 4) is 0 Å². The Morgan fingerprint density at radius 3 is 2.65 bits per heavy atom. The fourth-order valence-electron chi connectivity index (χ4n) is 2.10. The predicted octanol–water partition coefficient (Wildman–Crippen LogP) is 1.13. The van der Waals surface area contributed by atoms with Crippen molar-refractivity contribution in [3.63, 3.8) is 0 Å². The van der Waals surface area contributed by atoms with Crippen LogP contribution in [0.15, 0.2) is 33.3 Å². The summed E-state index contributed by atoms with van der Waals surface area (Å²) in [7, 11) is 4.69. The average molecular weight is 333 g/mol. The fourth-order valence-corrected chi connectivity index (χ4v) is 3.06. The maximum absolute atomic E-state index is 12.2. The highest BCUT2D eigenvalue weighted by Crippen LogP contribution is 2.17. The summed E-state index contributed by atoms with van der Waals surface area (Å²) in [6, 6.07) is 2.02. The molecular weight excluding hydrogens is 314 g/mol. The van der Waals surface area contributed by atoms with Gasteiger partial charge in [-0.2, -0.15) is 0 Å². The Balaban J connectivity index is 2.17. The molecule has 0 aromatic carbocycles. The summed E-state index contributed by atoms with van der Waals surface area (Å²) in [6.45, 7) is 2.53. The van der Waals surface area contributed by atoms with Gasteiger partial charge in [-0.3, -0.25) is 14.2 Å². The molecule has 2 rings (SSSR count). The molecule has 23 heavy (non-hydrogen) atoms. The van der Waals surface area contributed by atoms with E-state index in [4.69, 9.17) is 0 Å². The highest BCUT2D eigenvalue weighted by Gasteiger charge is 2.09. The van der Waals surface area contributed by atoms with Crippen LogP contribution in [0.25, 0.3) is 6.08 Å². The number of aryl methyl sites for hydroxylation is 2. The van der Waals surface area contributed by atoms with Gasteiger partial charge in [0, 0.05) is 38.3 Å². The number of rotatable bonds is 4. The van der Waals surface area contributed by atoms with Crippen LogP contribution in [0, 0.1) is 6.92 Å². The van der Waals surface area contributed by atoms with Gasteiger partial charge in [-0.1, -0.05) is 0 Å². The van der Waals surface area contributed by atoms with E-state index in [1.807, 2.05) is 18.4 Å². The highest BCUT2D eigenvalue weighted by atomic mass is 32.1. The zero-order valence-electron chi connectivity index (χ0n) is 13.6. The van der Waals surface area contributed by atoms with E-state index < -0.39 is 11.2 Å². The largest absolute Gasteiger partial charge is 0.337 e. The minimum atomic E-state index is -0.422. The maximum Gasteiger partial charge on any atom is 0.330 e. The molecule has 2 heterocycles. The molecule has 0 saturated heterocycles. The molecular formula is C16H19N3O3S. The second-order valence-corrected chi connectivity index (χ2v) is 6.40. The number of carbonyl (C=O) groups excluding carboxylic acids is 1. The van der Waals surface area contributed by atoms with E-state index in [9.17, 15) is 14.4 Å². The van der Waals surface area contributed by atoms with E-state index in [1.165, 1.54) is 30.0 Å². The van der Waals surface area contributed by atoms with Gasteiger partial charge < -0.3 is 9.47 Å². The molecule has 0 N–H and O–H groups in total. The van der Waals surface area contributed by atoms with Crippen LogP contribution >= 0.6 is 11.3 Å². The fraction of sp³-hybridized carbons (Fsp3) is 0.312. The number of hydrogen-bond acceptors (Lipinski definition) is 4. The molecule has 0 aliphatic heterocycles. The maximum atomic E-state index is 12.2. The van der Waals surface area contributed by atoms with Gasteiger partial charge in [0.25, 0.3) is 5.56 Å². The third kappa shape index (κ3) is 3.68. The number of nitrogens with zero attached hydrogens (tertiary/aromatic N) is 3. The monoisotopic (exact) mass is 333 g/mol. The van der Waals surface area contributed by atoms with Crippen molar-refractivity contribution in [2.75, 3.05) is 7.05 Å². The standard InChI is InChI=1S/C16H19N3O3S/c1-11-7-8-23-13(11)10-17(2)14(20)6-5-12-9-18(3)16(22)19(4)15(12)21/h5-9H,10H2,1-4H3/b6-5+. The lowest BCUT2D eigenvalue weighted by molar-refractivity contribution is -0.125. The van der Waals surface area contributed by atoms with Crippen molar-refractivity contribution in [1.29, 1.82) is 0 Å². The normalized spacial score (nSPS) is 11.1. The number of thiophene rings is 1. The molecule has 2 aromatic rings. The molecule has 0 radical (unpaired) electrons. The number of likely N-dealkylation sites (N-methyl/N-ethyl adjacent to an activating group) is 1. The van der Waals surface area contributed by atoms with Crippen molar-refractivity contribution >= 4 is 23.3 Å². The number of aromatic nitrogens is 2. The lowest BCUT2D eigenvalue weighted by Crippen LogP contribution is -2.37. The Kier molecular flexibility index (Phi) is 5.00. The molecule has 6 nitrogen and oxygen atoms in total. The number of hydrogen-bond donors (Lipinski definition) is 0. The van der Waals surface area contributed by atoms with Gasteiger partial charge in [0.15, 0.2) is 0 Å². The van der Waals surface area contributed by atoms with E-state index in [2.05, 4.69) is 0 Å². The third-order valence-electron chi connectivity index (χ3n) is 3.60. The van der Waals surface area contributed by atoms with Gasteiger partial charge in [-0.05, 0) is 30.0 Å². The van der Waals surface area contributed by atoms with Crippen LogP contribution in [0.4, 0.5) is 0 Å². The second-order valence-electron chi connectivity index (χ2n) is 5.40. The van der Waals surface area contributed by atoms with Crippen molar-refractivity contribution in [2.24, 2.45) is 14.1 Å². The average Bonchev–Trinajstić information content (AvgIpc) is 2.92. The summed E-state index contributed by atoms with van der Waals surface area (Å²) in [6.07, 6.45) is 4.23. The van der Waals surface area contributed by atoms with Crippen LogP contribution in [-0.2, 0) is 25.4 Å². The van der Waals surface area contributed by atoms with Gasteiger partial charge in [-0.15, -0.1) is 11.3 Å². The Morgan fingerprint density at radius 2 is 2.04 bits per heavy atom. The molecule has 0 spiro atoms. The zero-order valence-corrected chi connectivity index (χ0v) is 14.4. The van der Waals surface area contributed by atoms with Gasteiger partial charge in [0.2, 0.25) is 5.91 Å². The van der Waals surface area contributed by atoms with E-state index in [-0.39, 0.29) is 5.91 Å². The Labute approximate surface area is 137 Å². The van der Waals surface area contributed by atoms with E-state index in [0.29, 0.717) is 12.1 Å². The van der Waals surface area contributed by atoms with Gasteiger partial charge >= 0.3 is 5.69 Å². The highest BCUT2D eigenvalue weighted by molar-refractivity contribution is 7.10. The Morgan fingerprint density at radius 1 is 1.35 bits per heavy atom. The summed E-state index contributed by atoms with van der Waals surface area (Å²) in [4.78, 5) is 38.5. The molecule has 0 fully saturated rings. The molecule has 0 aliphatic rings. The zero-order chi connectivity index (χ0) is 17.1. The summed E-state index contributed by atoms with van der Waals surface area (Å²) in [5, 5.41) is 1.99. The summed E-state index contributed by atoms with van der Waals surface area (Å²) in [5.74, 6) is -0.200. The minimum absolute atomic E-state index is 0.200. The molecule has 0 unspecified atom stereocenters. The number of amides is 1. The first kappa shape index (κ1) is 17.0. The van der Waals surface area contributed by atoms with E-state index in [0.717, 1.165) is 15.0 Å². The number of carbonyl (C=O) groups is 1. The second kappa shape index (κ2) is 6.78. The van der Waals surface area contributed by atoms with Crippen LogP contribution in [0.1, 0.15) is 16.0 Å². The van der Waals surface area contributed by atoms with E-state index >= 15 is 0 Å². The molecule has 1 amide bonds. The molecule has 7 heteroatoms. The van der Waals surface area contributed by atoms with E-state index in [1.54, 1.807) is 30.3 Å². The first-order valence-corrected chi connectivity index (χ1v) is 7.92. The Bertz CT molecular complexity index is 873. The molecule has 0 bridgehead atoms. The molecule has 2 aromatic heterocycles. The predicted molar refractivity (Wildman–Crippen MR) is 91.5 cm³/mol. The minimum Gasteiger partial charge on any atom is -0.337 e. The van der Waals surface area contributed by atoms with Crippen LogP contribution in [0.2, 0.25) is 0 Å². The summed E-state index contributed by atoms with van der Waals surface area (Å²) in [5.41, 5.74) is 0.631. The Hall–Kier alpha value is -2.41. The SMILES string of the molecule is Cc1ccsc1CN(C)C(=O)/C=C/c1cn(C)c(=O)n(C)c1=O. The molecule has 0 saturated carbocycles.